The second-order valence-corrected chi connectivity index (χ2v) is 14.3. The number of para-hydroxylation sites is 1. The fourth-order valence-corrected chi connectivity index (χ4v) is 6.22. The van der Waals surface area contributed by atoms with E-state index >= 15 is 0 Å². The van der Waals surface area contributed by atoms with Crippen molar-refractivity contribution in [2.75, 3.05) is 25.9 Å². The molecule has 0 fully saturated rings. The van der Waals surface area contributed by atoms with Gasteiger partial charge in [-0.25, -0.2) is 8.42 Å². The molecular formula is C35H44N2O5S. The molecule has 3 N–H and O–H groups in total. The Balaban J connectivity index is 1.35. The summed E-state index contributed by atoms with van der Waals surface area (Å²) in [6.07, 6.45) is 7.69. The van der Waals surface area contributed by atoms with Crippen LogP contribution in [-0.2, 0) is 16.3 Å². The average molecular weight is 605 g/mol. The van der Waals surface area contributed by atoms with Crippen molar-refractivity contribution in [1.29, 1.82) is 0 Å². The predicted molar refractivity (Wildman–Crippen MR) is 174 cm³/mol. The van der Waals surface area contributed by atoms with E-state index in [4.69, 9.17) is 0 Å². The molecule has 0 spiro atoms. The van der Waals surface area contributed by atoms with Crippen molar-refractivity contribution in [2.45, 2.75) is 63.3 Å². The molecule has 230 valence electrons. The summed E-state index contributed by atoms with van der Waals surface area (Å²) in [5.41, 5.74) is 6.15. The molecular weight excluding hydrogens is 560 g/mol. The van der Waals surface area contributed by atoms with Crippen LogP contribution in [0.4, 0.5) is 0 Å². The third-order valence-corrected chi connectivity index (χ3v) is 10.7. The number of aliphatic hydroxyl groups excluding tert-OH is 1. The van der Waals surface area contributed by atoms with Crippen LogP contribution >= 0.6 is 0 Å². The molecule has 4 rings (SSSR count). The molecule has 0 bridgehead atoms. The maximum absolute atomic E-state index is 12.8. The number of aromatic hydroxyl groups is 1. The van der Waals surface area contributed by atoms with E-state index in [-0.39, 0.29) is 24.3 Å². The Kier molecular flexibility index (Phi) is 10.8. The van der Waals surface area contributed by atoms with Crippen LogP contribution in [0.2, 0.25) is 0 Å². The second kappa shape index (κ2) is 14.3. The van der Waals surface area contributed by atoms with Gasteiger partial charge < -0.3 is 15.5 Å². The number of nitrogens with one attached hydrogen (secondary N) is 1. The summed E-state index contributed by atoms with van der Waals surface area (Å²) in [6.45, 7) is 4.63. The molecule has 0 saturated carbocycles. The number of carbonyl (C=O) groups excluding carboxylic acids is 1. The third kappa shape index (κ3) is 8.34. The van der Waals surface area contributed by atoms with Crippen LogP contribution in [0, 0.1) is 0 Å². The molecule has 0 aromatic heterocycles. The highest BCUT2D eigenvalue weighted by Crippen LogP contribution is 2.29. The Labute approximate surface area is 256 Å². The number of benzene rings is 3. The van der Waals surface area contributed by atoms with Crippen molar-refractivity contribution in [3.63, 3.8) is 0 Å². The summed E-state index contributed by atoms with van der Waals surface area (Å²) < 4.78 is 24.2. The van der Waals surface area contributed by atoms with Crippen molar-refractivity contribution < 1.29 is 23.4 Å². The van der Waals surface area contributed by atoms with Crippen LogP contribution in [-0.4, -0.2) is 66.3 Å². The second-order valence-electron chi connectivity index (χ2n) is 11.8. The van der Waals surface area contributed by atoms with Gasteiger partial charge in [0.05, 0.1) is 10.3 Å². The molecule has 7 nitrogen and oxygen atoms in total. The number of rotatable bonds is 13. The number of hydrogen-bond donors (Lipinski definition) is 3. The molecule has 2 unspecified atom stereocenters. The van der Waals surface area contributed by atoms with Gasteiger partial charge in [0.2, 0.25) is 0 Å². The molecule has 1 aliphatic heterocycles. The molecule has 43 heavy (non-hydrogen) atoms. The van der Waals surface area contributed by atoms with Gasteiger partial charge >= 0.3 is 0 Å². The Hall–Kier alpha value is -3.46. The zero-order chi connectivity index (χ0) is 31.0. The van der Waals surface area contributed by atoms with Crippen LogP contribution in [0.15, 0.2) is 78.9 Å². The molecule has 8 heteroatoms. The standard InChI is InChI=1S/C35H44N2O5S/c1-4-5-6-9-26-12-14-27(15-13-26)28-16-18-29(19-17-28)30-20-22-37(23-21-30)33(39)24-35(2,43(3,41)42)25-36-34(40)31-10-7-8-11-32(31)38/h7-8,10-20,33,38-39H,4-6,9,21-25H2,1-3H3,(H,36,40). The molecule has 1 heterocycles. The summed E-state index contributed by atoms with van der Waals surface area (Å²) in [6, 6.07) is 23.5. The van der Waals surface area contributed by atoms with Gasteiger partial charge in [-0.05, 0) is 66.1 Å². The minimum atomic E-state index is -3.65. The molecule has 2 atom stereocenters. The summed E-state index contributed by atoms with van der Waals surface area (Å²) in [5.74, 6) is -0.753. The van der Waals surface area contributed by atoms with E-state index in [2.05, 4.69) is 66.8 Å². The number of hydrogen-bond acceptors (Lipinski definition) is 6. The topological polar surface area (TPSA) is 107 Å². The minimum Gasteiger partial charge on any atom is -0.507 e. The zero-order valence-corrected chi connectivity index (χ0v) is 26.2. The zero-order valence-electron chi connectivity index (χ0n) is 25.4. The summed E-state index contributed by atoms with van der Waals surface area (Å²) in [4.78, 5) is 14.5. The first kappa shape index (κ1) is 32.5. The molecule has 3 aromatic carbocycles. The Morgan fingerprint density at radius 2 is 1.60 bits per heavy atom. The number of phenolic OH excluding ortho intramolecular Hbond substituents is 1. The highest BCUT2D eigenvalue weighted by atomic mass is 32.2. The van der Waals surface area contributed by atoms with Crippen LogP contribution in [0.1, 0.15) is 67.4 Å². The number of sulfone groups is 1. The monoisotopic (exact) mass is 604 g/mol. The Morgan fingerprint density at radius 3 is 2.19 bits per heavy atom. The first-order valence-electron chi connectivity index (χ1n) is 15.1. The lowest BCUT2D eigenvalue weighted by molar-refractivity contribution is -0.00246. The van der Waals surface area contributed by atoms with Gasteiger partial charge in [-0.1, -0.05) is 86.5 Å². The summed E-state index contributed by atoms with van der Waals surface area (Å²) in [7, 11) is -3.65. The molecule has 1 amide bonds. The fraction of sp³-hybridized carbons (Fsp3) is 0.400. The first-order chi connectivity index (χ1) is 20.5. The van der Waals surface area contributed by atoms with E-state index in [1.54, 1.807) is 12.1 Å². The van der Waals surface area contributed by atoms with Gasteiger partial charge in [-0.2, -0.15) is 0 Å². The van der Waals surface area contributed by atoms with Gasteiger partial charge in [-0.15, -0.1) is 0 Å². The van der Waals surface area contributed by atoms with Gasteiger partial charge in [0, 0.05) is 32.3 Å². The number of aliphatic hydroxyl groups is 1. The van der Waals surface area contributed by atoms with Crippen molar-refractivity contribution >= 4 is 21.3 Å². The number of aryl methyl sites for hydroxylation is 1. The van der Waals surface area contributed by atoms with Gasteiger partial charge in [0.15, 0.2) is 9.84 Å². The van der Waals surface area contributed by atoms with Crippen LogP contribution in [0.5, 0.6) is 5.75 Å². The first-order valence-corrected chi connectivity index (χ1v) is 17.0. The summed E-state index contributed by atoms with van der Waals surface area (Å²) >= 11 is 0. The van der Waals surface area contributed by atoms with Gasteiger partial charge in [0.25, 0.3) is 5.91 Å². The third-order valence-electron chi connectivity index (χ3n) is 8.56. The maximum atomic E-state index is 12.8. The van der Waals surface area contributed by atoms with Crippen molar-refractivity contribution in [3.05, 3.63) is 95.6 Å². The quantitative estimate of drug-likeness (QED) is 0.212. The SMILES string of the molecule is CCCCCc1ccc(-c2ccc(C3=CCN(C(O)CC(C)(CNC(=O)c4ccccc4O)S(C)(=O)=O)CC3)cc2)cc1. The lowest BCUT2D eigenvalue weighted by Crippen LogP contribution is -2.51. The lowest BCUT2D eigenvalue weighted by Gasteiger charge is -2.36. The number of carbonyl (C=O) groups is 1. The van der Waals surface area contributed by atoms with Crippen molar-refractivity contribution in [2.24, 2.45) is 0 Å². The smallest absolute Gasteiger partial charge is 0.255 e. The van der Waals surface area contributed by atoms with E-state index < -0.39 is 26.7 Å². The molecule has 3 aromatic rings. The van der Waals surface area contributed by atoms with E-state index in [1.807, 2.05) is 4.90 Å². The van der Waals surface area contributed by atoms with Crippen LogP contribution in [0.3, 0.4) is 0 Å². The number of nitrogens with zero attached hydrogens (tertiary/aromatic N) is 1. The summed E-state index contributed by atoms with van der Waals surface area (Å²) in [5, 5.41) is 23.7. The Bertz CT molecular complexity index is 1520. The number of phenols is 1. The predicted octanol–water partition coefficient (Wildman–Crippen LogP) is 5.82. The molecule has 1 aliphatic rings. The van der Waals surface area contributed by atoms with Gasteiger partial charge in [-0.3, -0.25) is 9.69 Å². The van der Waals surface area contributed by atoms with Crippen LogP contribution < -0.4 is 5.32 Å². The van der Waals surface area contributed by atoms with E-state index in [0.29, 0.717) is 13.1 Å². The number of unbranched alkanes of at least 4 members (excludes halogenated alkanes) is 2. The van der Waals surface area contributed by atoms with Crippen molar-refractivity contribution in [1.82, 2.24) is 10.2 Å². The highest BCUT2D eigenvalue weighted by Gasteiger charge is 2.40. The van der Waals surface area contributed by atoms with E-state index in [0.717, 1.165) is 24.7 Å². The van der Waals surface area contributed by atoms with Crippen LogP contribution in [0.25, 0.3) is 16.7 Å². The Morgan fingerprint density at radius 1 is 0.977 bits per heavy atom. The van der Waals surface area contributed by atoms with Gasteiger partial charge in [0.1, 0.15) is 12.0 Å². The molecule has 0 aliphatic carbocycles. The van der Waals surface area contributed by atoms with E-state index in [1.165, 1.54) is 60.6 Å². The molecule has 0 radical (unpaired) electrons. The average Bonchev–Trinajstić information content (AvgIpc) is 3.00. The van der Waals surface area contributed by atoms with Crippen molar-refractivity contribution in [3.8, 4) is 16.9 Å². The number of amides is 1. The largest absolute Gasteiger partial charge is 0.507 e. The molecule has 0 saturated heterocycles. The van der Waals surface area contributed by atoms with E-state index in [9.17, 15) is 23.4 Å². The fourth-order valence-electron chi connectivity index (χ4n) is 5.44. The maximum Gasteiger partial charge on any atom is 0.255 e. The minimum absolute atomic E-state index is 0.0661. The normalized spacial score (nSPS) is 16.2. The highest BCUT2D eigenvalue weighted by molar-refractivity contribution is 7.92. The lowest BCUT2D eigenvalue weighted by atomic mass is 9.95.